The summed E-state index contributed by atoms with van der Waals surface area (Å²) >= 11 is 5.83. The monoisotopic (exact) mass is 338 g/mol. The van der Waals surface area contributed by atoms with Gasteiger partial charge in [-0.1, -0.05) is 66.7 Å². The molecule has 0 fully saturated rings. The Kier molecular flexibility index (Phi) is 4.65. The van der Waals surface area contributed by atoms with E-state index in [1.807, 2.05) is 36.4 Å². The molecule has 3 aromatic carbocycles. The van der Waals surface area contributed by atoms with Crippen molar-refractivity contribution in [3.05, 3.63) is 89.5 Å². The molecule has 0 amide bonds. The van der Waals surface area contributed by atoms with E-state index in [4.69, 9.17) is 16.3 Å². The summed E-state index contributed by atoms with van der Waals surface area (Å²) in [4.78, 5) is 12.3. The lowest BCUT2D eigenvalue weighted by atomic mass is 10.0. The van der Waals surface area contributed by atoms with Crippen molar-refractivity contribution in [2.45, 2.75) is 6.10 Å². The Hall–Kier alpha value is -2.62. The van der Waals surface area contributed by atoms with Crippen LogP contribution in [0.4, 0.5) is 0 Å². The average molecular weight is 339 g/mol. The molecule has 0 radical (unpaired) electrons. The van der Waals surface area contributed by atoms with E-state index in [-0.39, 0.29) is 5.57 Å². The van der Waals surface area contributed by atoms with Crippen LogP contribution in [0.15, 0.2) is 78.9 Å². The lowest BCUT2D eigenvalue weighted by molar-refractivity contribution is -0.131. The van der Waals surface area contributed by atoms with Crippen LogP contribution >= 0.6 is 11.6 Å². The summed E-state index contributed by atoms with van der Waals surface area (Å²) in [6.07, 6.45) is -1.15. The fraction of sp³-hybridized carbons (Fsp3) is 0.0500. The van der Waals surface area contributed by atoms with Gasteiger partial charge in [0.25, 0.3) is 0 Å². The Morgan fingerprint density at radius 1 is 1.00 bits per heavy atom. The van der Waals surface area contributed by atoms with Crippen molar-refractivity contribution in [1.82, 2.24) is 0 Å². The molecule has 1 atom stereocenters. The van der Waals surface area contributed by atoms with Crippen LogP contribution in [0.1, 0.15) is 11.7 Å². The highest BCUT2D eigenvalue weighted by Gasteiger charge is 2.21. The predicted octanol–water partition coefficient (Wildman–Crippen LogP) is 4.69. The van der Waals surface area contributed by atoms with Crippen molar-refractivity contribution in [3.8, 4) is 5.75 Å². The summed E-state index contributed by atoms with van der Waals surface area (Å²) in [5, 5.41) is 12.6. The van der Waals surface area contributed by atoms with Gasteiger partial charge in [0.1, 0.15) is 11.9 Å². The van der Waals surface area contributed by atoms with Gasteiger partial charge in [0.05, 0.1) is 5.57 Å². The van der Waals surface area contributed by atoms with Crippen LogP contribution in [-0.4, -0.2) is 11.1 Å². The number of ether oxygens (including phenoxy) is 1. The fourth-order valence-electron chi connectivity index (χ4n) is 2.41. The summed E-state index contributed by atoms with van der Waals surface area (Å²) in [5.74, 6) is -0.239. The molecule has 0 aliphatic rings. The largest absolute Gasteiger partial charge is 0.422 e. The molecule has 4 heteroatoms. The van der Waals surface area contributed by atoms with Crippen molar-refractivity contribution < 1.29 is 14.6 Å². The van der Waals surface area contributed by atoms with Crippen LogP contribution in [-0.2, 0) is 4.79 Å². The average Bonchev–Trinajstić information content (AvgIpc) is 2.61. The number of aliphatic hydroxyl groups is 1. The van der Waals surface area contributed by atoms with Crippen molar-refractivity contribution in [1.29, 1.82) is 0 Å². The van der Waals surface area contributed by atoms with Gasteiger partial charge in [0.2, 0.25) is 0 Å². The molecule has 3 rings (SSSR count). The van der Waals surface area contributed by atoms with Gasteiger partial charge in [0, 0.05) is 10.4 Å². The first kappa shape index (κ1) is 16.2. The van der Waals surface area contributed by atoms with E-state index < -0.39 is 12.1 Å². The van der Waals surface area contributed by atoms with Crippen LogP contribution in [0.3, 0.4) is 0 Å². The third-order valence-corrected chi connectivity index (χ3v) is 3.98. The van der Waals surface area contributed by atoms with Crippen LogP contribution in [0.5, 0.6) is 5.75 Å². The molecule has 0 aliphatic carbocycles. The van der Waals surface area contributed by atoms with Crippen molar-refractivity contribution >= 4 is 28.3 Å². The fourth-order valence-corrected chi connectivity index (χ4v) is 2.53. The first-order chi connectivity index (χ1) is 11.6. The molecule has 0 aliphatic heterocycles. The minimum absolute atomic E-state index is 0.0368. The highest BCUT2D eigenvalue weighted by Crippen LogP contribution is 2.28. The normalized spacial score (nSPS) is 11.9. The number of aliphatic hydroxyl groups excluding tert-OH is 1. The number of hydrogen-bond donors (Lipinski definition) is 1. The Morgan fingerprint density at radius 2 is 1.67 bits per heavy atom. The second kappa shape index (κ2) is 6.87. The molecule has 3 nitrogen and oxygen atoms in total. The van der Waals surface area contributed by atoms with E-state index in [2.05, 4.69) is 6.58 Å². The summed E-state index contributed by atoms with van der Waals surface area (Å²) < 4.78 is 5.43. The van der Waals surface area contributed by atoms with Gasteiger partial charge in [-0.3, -0.25) is 0 Å². The maximum atomic E-state index is 12.3. The highest BCUT2D eigenvalue weighted by molar-refractivity contribution is 6.30. The number of benzene rings is 3. The minimum Gasteiger partial charge on any atom is -0.422 e. The topological polar surface area (TPSA) is 46.5 Å². The van der Waals surface area contributed by atoms with Crippen LogP contribution in [0.2, 0.25) is 5.02 Å². The molecular weight excluding hydrogens is 324 g/mol. The first-order valence-corrected chi connectivity index (χ1v) is 7.76. The Bertz CT molecular complexity index is 895. The van der Waals surface area contributed by atoms with Crippen molar-refractivity contribution in [3.63, 3.8) is 0 Å². The first-order valence-electron chi connectivity index (χ1n) is 7.38. The molecule has 0 heterocycles. The molecule has 0 aromatic heterocycles. The van der Waals surface area contributed by atoms with Crippen LogP contribution < -0.4 is 4.74 Å². The number of carbonyl (C=O) groups is 1. The number of halogens is 1. The SMILES string of the molecule is C=C(C(=O)Oc1cccc2ccccc12)[C@H](O)c1ccc(Cl)cc1. The molecule has 24 heavy (non-hydrogen) atoms. The van der Waals surface area contributed by atoms with E-state index in [1.54, 1.807) is 30.3 Å². The highest BCUT2D eigenvalue weighted by atomic mass is 35.5. The molecule has 1 N–H and O–H groups in total. The maximum absolute atomic E-state index is 12.3. The summed E-state index contributed by atoms with van der Waals surface area (Å²) in [6.45, 7) is 3.67. The molecule has 120 valence electrons. The predicted molar refractivity (Wildman–Crippen MR) is 95.1 cm³/mol. The molecule has 0 saturated heterocycles. The van der Waals surface area contributed by atoms with Gasteiger partial charge in [-0.05, 0) is 29.1 Å². The van der Waals surface area contributed by atoms with Crippen molar-refractivity contribution in [2.24, 2.45) is 0 Å². The number of esters is 1. The van der Waals surface area contributed by atoms with Gasteiger partial charge < -0.3 is 9.84 Å². The van der Waals surface area contributed by atoms with Gasteiger partial charge in [-0.2, -0.15) is 0 Å². The molecule has 0 unspecified atom stereocenters. The summed E-state index contributed by atoms with van der Waals surface area (Å²) in [5.41, 5.74) is 0.490. The molecule has 0 bridgehead atoms. The number of fused-ring (bicyclic) bond motifs is 1. The van der Waals surface area contributed by atoms with Gasteiger partial charge >= 0.3 is 5.97 Å². The van der Waals surface area contributed by atoms with E-state index in [0.29, 0.717) is 16.3 Å². The third-order valence-electron chi connectivity index (χ3n) is 3.73. The van der Waals surface area contributed by atoms with E-state index in [1.165, 1.54) is 0 Å². The Morgan fingerprint density at radius 3 is 2.42 bits per heavy atom. The number of rotatable bonds is 4. The summed E-state index contributed by atoms with van der Waals surface area (Å²) in [7, 11) is 0. The standard InChI is InChI=1S/C20H15ClO3/c1-13(19(22)15-9-11-16(21)12-10-15)20(23)24-18-8-4-6-14-5-2-3-7-17(14)18/h2-12,19,22H,1H2/t19-/m0/s1. The van der Waals surface area contributed by atoms with Crippen LogP contribution in [0, 0.1) is 0 Å². The van der Waals surface area contributed by atoms with Gasteiger partial charge in [0.15, 0.2) is 0 Å². The summed E-state index contributed by atoms with van der Waals surface area (Å²) in [6, 6.07) is 19.6. The third kappa shape index (κ3) is 3.32. The lowest BCUT2D eigenvalue weighted by Crippen LogP contribution is -2.16. The molecule has 0 saturated carbocycles. The second-order valence-corrected chi connectivity index (χ2v) is 5.78. The lowest BCUT2D eigenvalue weighted by Gasteiger charge is -2.14. The zero-order valence-corrected chi connectivity index (χ0v) is 13.5. The van der Waals surface area contributed by atoms with E-state index in [9.17, 15) is 9.90 Å². The zero-order valence-electron chi connectivity index (χ0n) is 12.8. The molecule has 3 aromatic rings. The maximum Gasteiger partial charge on any atom is 0.341 e. The Labute approximate surface area is 144 Å². The van der Waals surface area contributed by atoms with Gasteiger partial charge in [-0.25, -0.2) is 4.79 Å². The Balaban J connectivity index is 1.81. The number of carbonyl (C=O) groups excluding carboxylic acids is 1. The number of hydrogen-bond acceptors (Lipinski definition) is 3. The second-order valence-electron chi connectivity index (χ2n) is 5.35. The smallest absolute Gasteiger partial charge is 0.341 e. The van der Waals surface area contributed by atoms with E-state index >= 15 is 0 Å². The minimum atomic E-state index is -1.15. The van der Waals surface area contributed by atoms with E-state index in [0.717, 1.165) is 10.8 Å². The van der Waals surface area contributed by atoms with Crippen LogP contribution in [0.25, 0.3) is 10.8 Å². The van der Waals surface area contributed by atoms with Gasteiger partial charge in [-0.15, -0.1) is 0 Å². The molecular formula is C20H15ClO3. The zero-order chi connectivity index (χ0) is 17.1. The quantitative estimate of drug-likeness (QED) is 0.426. The molecule has 0 spiro atoms. The van der Waals surface area contributed by atoms with Crippen molar-refractivity contribution in [2.75, 3.05) is 0 Å².